The Morgan fingerprint density at radius 3 is 2.29 bits per heavy atom. The number of carbonyl (C=O) groups excluding carboxylic acids is 1. The van der Waals surface area contributed by atoms with Gasteiger partial charge in [-0.25, -0.2) is 9.59 Å². The van der Waals surface area contributed by atoms with Crippen molar-refractivity contribution in [3.8, 4) is 0 Å². The third-order valence-electron chi connectivity index (χ3n) is 4.62. The number of carbonyl (C=O) groups is 3. The number of nitrogens with one attached hydrogen (secondary N) is 1. The van der Waals surface area contributed by atoms with Crippen LogP contribution in [0.3, 0.4) is 0 Å². The van der Waals surface area contributed by atoms with Crippen molar-refractivity contribution in [1.82, 2.24) is 10.2 Å². The molecule has 1 aromatic rings. The first-order valence-corrected chi connectivity index (χ1v) is 10.9. The number of hydrogen-bond acceptors (Lipinski definition) is 5. The molecule has 2 rings (SSSR count). The minimum atomic E-state index is -1.82. The van der Waals surface area contributed by atoms with Crippen molar-refractivity contribution in [2.24, 2.45) is 5.92 Å². The Bertz CT molecular complexity index is 725. The number of nitrogens with zero attached hydrogens (tertiary/aromatic N) is 1. The Morgan fingerprint density at radius 2 is 1.77 bits per heavy atom. The Kier molecular flexibility index (Phi) is 12.5. The van der Waals surface area contributed by atoms with Gasteiger partial charge in [0.25, 0.3) is 0 Å². The predicted octanol–water partition coefficient (Wildman–Crippen LogP) is 3.29. The van der Waals surface area contributed by atoms with Gasteiger partial charge in [-0.3, -0.25) is 9.69 Å². The van der Waals surface area contributed by atoms with Crippen LogP contribution in [0.1, 0.15) is 38.7 Å². The van der Waals surface area contributed by atoms with Crippen LogP contribution < -0.4 is 5.32 Å². The SMILES string of the molecule is CC(C)OCCCNC(=O)C1CCN(Cc2ccc(Cl)cc2Cl)CC1.O=C(O)C(=O)O. The van der Waals surface area contributed by atoms with Crippen LogP contribution in [0.15, 0.2) is 18.2 Å². The van der Waals surface area contributed by atoms with Crippen molar-refractivity contribution in [3.05, 3.63) is 33.8 Å². The Morgan fingerprint density at radius 1 is 1.16 bits per heavy atom. The van der Waals surface area contributed by atoms with Crippen molar-refractivity contribution in [2.75, 3.05) is 26.2 Å². The number of benzene rings is 1. The summed E-state index contributed by atoms with van der Waals surface area (Å²) >= 11 is 12.2. The quantitative estimate of drug-likeness (QED) is 0.389. The standard InChI is InChI=1S/C19H28Cl2N2O2.C2H2O4/c1-14(2)25-11-3-8-22-19(24)15-6-9-23(10-7-15)13-16-4-5-17(20)12-18(16)21;3-1(4)2(5)6/h4-5,12,14-15H,3,6-11,13H2,1-2H3,(H,22,24);(H,3,4)(H,5,6). The lowest BCUT2D eigenvalue weighted by Crippen LogP contribution is -2.40. The van der Waals surface area contributed by atoms with Gasteiger partial charge in [-0.2, -0.15) is 0 Å². The highest BCUT2D eigenvalue weighted by atomic mass is 35.5. The maximum absolute atomic E-state index is 12.2. The average molecular weight is 477 g/mol. The van der Waals surface area contributed by atoms with E-state index in [0.717, 1.165) is 44.5 Å². The highest BCUT2D eigenvalue weighted by molar-refractivity contribution is 6.35. The Labute approximate surface area is 192 Å². The molecule has 1 aromatic carbocycles. The van der Waals surface area contributed by atoms with Gasteiger partial charge in [0.05, 0.1) is 6.10 Å². The van der Waals surface area contributed by atoms with Crippen LogP contribution >= 0.6 is 23.2 Å². The molecule has 0 unspecified atom stereocenters. The summed E-state index contributed by atoms with van der Waals surface area (Å²) in [6.07, 6.45) is 2.88. The summed E-state index contributed by atoms with van der Waals surface area (Å²) in [5.74, 6) is -3.36. The fourth-order valence-electron chi connectivity index (χ4n) is 2.99. The zero-order chi connectivity index (χ0) is 23.4. The number of rotatable bonds is 8. The lowest BCUT2D eigenvalue weighted by atomic mass is 9.95. The summed E-state index contributed by atoms with van der Waals surface area (Å²) < 4.78 is 5.48. The van der Waals surface area contributed by atoms with Gasteiger partial charge >= 0.3 is 11.9 Å². The summed E-state index contributed by atoms with van der Waals surface area (Å²) in [6.45, 7) is 8.04. The number of likely N-dealkylation sites (tertiary alicyclic amines) is 1. The highest BCUT2D eigenvalue weighted by Gasteiger charge is 2.25. The van der Waals surface area contributed by atoms with Gasteiger partial charge in [0, 0.05) is 35.7 Å². The summed E-state index contributed by atoms with van der Waals surface area (Å²) in [7, 11) is 0. The molecule has 0 radical (unpaired) electrons. The number of carboxylic acid groups (broad SMARTS) is 2. The van der Waals surface area contributed by atoms with Gasteiger partial charge < -0.3 is 20.3 Å². The van der Waals surface area contributed by atoms with E-state index < -0.39 is 11.9 Å². The highest BCUT2D eigenvalue weighted by Crippen LogP contribution is 2.25. The summed E-state index contributed by atoms with van der Waals surface area (Å²) in [5.41, 5.74) is 1.08. The number of hydrogen-bond donors (Lipinski definition) is 3. The smallest absolute Gasteiger partial charge is 0.414 e. The topological polar surface area (TPSA) is 116 Å². The van der Waals surface area contributed by atoms with Crippen LogP contribution in [-0.2, 0) is 25.7 Å². The third kappa shape index (κ3) is 11.4. The summed E-state index contributed by atoms with van der Waals surface area (Å²) in [5, 5.41) is 19.2. The van der Waals surface area contributed by atoms with Crippen molar-refractivity contribution >= 4 is 41.0 Å². The minimum Gasteiger partial charge on any atom is -0.473 e. The van der Waals surface area contributed by atoms with Gasteiger partial charge in [0.1, 0.15) is 0 Å². The molecule has 0 bridgehead atoms. The summed E-state index contributed by atoms with van der Waals surface area (Å²) in [6, 6.07) is 5.62. The molecular weight excluding hydrogens is 447 g/mol. The predicted molar refractivity (Wildman–Crippen MR) is 118 cm³/mol. The van der Waals surface area contributed by atoms with Crippen LogP contribution in [0.5, 0.6) is 0 Å². The normalized spacial score (nSPS) is 14.6. The van der Waals surface area contributed by atoms with E-state index in [1.807, 2.05) is 26.0 Å². The molecule has 0 aliphatic carbocycles. The van der Waals surface area contributed by atoms with Crippen molar-refractivity contribution in [2.45, 2.75) is 45.8 Å². The third-order valence-corrected chi connectivity index (χ3v) is 5.21. The fourth-order valence-corrected chi connectivity index (χ4v) is 3.46. The van der Waals surface area contributed by atoms with Crippen LogP contribution in [0, 0.1) is 5.92 Å². The lowest BCUT2D eigenvalue weighted by molar-refractivity contribution is -0.159. The maximum atomic E-state index is 12.2. The molecule has 1 aliphatic rings. The van der Waals surface area contributed by atoms with Crippen LogP contribution in [-0.4, -0.2) is 65.3 Å². The van der Waals surface area contributed by atoms with Crippen molar-refractivity contribution < 1.29 is 29.3 Å². The first kappa shape index (κ1) is 27.2. The van der Waals surface area contributed by atoms with E-state index in [4.69, 9.17) is 47.7 Å². The molecule has 1 amide bonds. The van der Waals surface area contributed by atoms with Gasteiger partial charge in [-0.1, -0.05) is 29.3 Å². The van der Waals surface area contributed by atoms with Gasteiger partial charge in [-0.15, -0.1) is 0 Å². The number of aliphatic carboxylic acids is 2. The van der Waals surface area contributed by atoms with E-state index in [1.165, 1.54) is 0 Å². The first-order valence-electron chi connectivity index (χ1n) is 10.1. The summed E-state index contributed by atoms with van der Waals surface area (Å²) in [4.78, 5) is 32.8. The molecule has 1 saturated heterocycles. The van der Waals surface area contributed by atoms with Gasteiger partial charge in [0.2, 0.25) is 5.91 Å². The fraction of sp³-hybridized carbons (Fsp3) is 0.571. The average Bonchev–Trinajstić information content (AvgIpc) is 2.70. The molecule has 8 nitrogen and oxygen atoms in total. The molecule has 174 valence electrons. The monoisotopic (exact) mass is 476 g/mol. The van der Waals surface area contributed by atoms with Gasteiger partial charge in [0.15, 0.2) is 0 Å². The number of carboxylic acids is 2. The largest absolute Gasteiger partial charge is 0.473 e. The number of halogens is 2. The van der Waals surface area contributed by atoms with Gasteiger partial charge in [-0.05, 0) is 63.9 Å². The molecule has 10 heteroatoms. The molecule has 1 fully saturated rings. The van der Waals surface area contributed by atoms with E-state index in [-0.39, 0.29) is 17.9 Å². The number of amides is 1. The minimum absolute atomic E-state index is 0.114. The zero-order valence-corrected chi connectivity index (χ0v) is 19.3. The van der Waals surface area contributed by atoms with Crippen LogP contribution in [0.2, 0.25) is 10.0 Å². The molecular formula is C21H30Cl2N2O6. The van der Waals surface area contributed by atoms with E-state index in [0.29, 0.717) is 23.2 Å². The maximum Gasteiger partial charge on any atom is 0.414 e. The lowest BCUT2D eigenvalue weighted by Gasteiger charge is -2.31. The molecule has 1 heterocycles. The molecule has 3 N–H and O–H groups in total. The molecule has 0 spiro atoms. The number of ether oxygens (including phenoxy) is 1. The second-order valence-corrected chi connectivity index (χ2v) is 8.30. The van der Waals surface area contributed by atoms with Crippen molar-refractivity contribution in [1.29, 1.82) is 0 Å². The molecule has 1 aliphatic heterocycles. The Balaban J connectivity index is 0.000000703. The Hall–Kier alpha value is -1.87. The second kappa shape index (κ2) is 14.2. The van der Waals surface area contributed by atoms with Crippen LogP contribution in [0.25, 0.3) is 0 Å². The second-order valence-electron chi connectivity index (χ2n) is 7.46. The molecule has 0 saturated carbocycles. The van der Waals surface area contributed by atoms with E-state index >= 15 is 0 Å². The van der Waals surface area contributed by atoms with Crippen molar-refractivity contribution in [3.63, 3.8) is 0 Å². The molecule has 31 heavy (non-hydrogen) atoms. The first-order chi connectivity index (χ1) is 14.6. The van der Waals surface area contributed by atoms with E-state index in [1.54, 1.807) is 6.07 Å². The zero-order valence-electron chi connectivity index (χ0n) is 17.8. The van der Waals surface area contributed by atoms with E-state index in [2.05, 4.69) is 10.2 Å². The molecule has 0 aromatic heterocycles. The van der Waals surface area contributed by atoms with Crippen LogP contribution in [0.4, 0.5) is 0 Å². The molecule has 0 atom stereocenters. The van der Waals surface area contributed by atoms with E-state index in [9.17, 15) is 4.79 Å². The number of piperidine rings is 1.